The number of carbonyl (C=O) groups excluding carboxylic acids is 1. The molecule has 1 amide bonds. The molecule has 2 aromatic heterocycles. The molecule has 6 rings (SSSR count). The Morgan fingerprint density at radius 2 is 1.95 bits per heavy atom. The number of amides is 1. The van der Waals surface area contributed by atoms with Gasteiger partial charge in [0.25, 0.3) is 5.56 Å². The molecule has 2 fully saturated rings. The van der Waals surface area contributed by atoms with E-state index in [2.05, 4.69) is 10.2 Å². The van der Waals surface area contributed by atoms with Crippen LogP contribution in [0.4, 0.5) is 13.2 Å². The molecule has 2 atom stereocenters. The zero-order chi connectivity index (χ0) is 27.9. The third-order valence-electron chi connectivity index (χ3n) is 8.34. The van der Waals surface area contributed by atoms with Gasteiger partial charge in [0, 0.05) is 69.9 Å². The van der Waals surface area contributed by atoms with Crippen LogP contribution in [0.1, 0.15) is 47.9 Å². The Kier molecular flexibility index (Phi) is 7.60. The third-order valence-corrected chi connectivity index (χ3v) is 8.34. The van der Waals surface area contributed by atoms with Crippen LogP contribution in [0.15, 0.2) is 45.4 Å². The Morgan fingerprint density at radius 3 is 2.75 bits per heavy atom. The number of fused-ring (bicyclic) bond motifs is 2. The van der Waals surface area contributed by atoms with E-state index in [1.807, 2.05) is 6.07 Å². The molecule has 0 bridgehead atoms. The summed E-state index contributed by atoms with van der Waals surface area (Å²) in [6.45, 7) is 3.56. The van der Waals surface area contributed by atoms with Gasteiger partial charge in [0.2, 0.25) is 5.91 Å². The Labute approximate surface area is 229 Å². The van der Waals surface area contributed by atoms with Crippen LogP contribution in [-0.4, -0.2) is 71.8 Å². The molecular formula is C28H33F3N4O5. The zero-order valence-electron chi connectivity index (χ0n) is 22.1. The summed E-state index contributed by atoms with van der Waals surface area (Å²) in [6, 6.07) is 3.99. The first-order chi connectivity index (χ1) is 19.2. The topological polar surface area (TPSA) is 89.2 Å². The van der Waals surface area contributed by atoms with E-state index in [1.165, 1.54) is 10.1 Å². The number of nitrogens with zero attached hydrogens (tertiary/aromatic N) is 3. The number of furan rings is 1. The molecule has 2 saturated heterocycles. The fraction of sp³-hybridized carbons (Fsp3) is 0.571. The number of aromatic nitrogens is 1. The second kappa shape index (κ2) is 11.2. The lowest BCUT2D eigenvalue weighted by Crippen LogP contribution is -2.43. The lowest BCUT2D eigenvalue weighted by Gasteiger charge is -2.30. The molecular weight excluding hydrogens is 529 g/mol. The highest BCUT2D eigenvalue weighted by Crippen LogP contribution is 2.38. The van der Waals surface area contributed by atoms with Gasteiger partial charge in [0.05, 0.1) is 24.5 Å². The van der Waals surface area contributed by atoms with Crippen LogP contribution in [-0.2, 0) is 40.0 Å². The maximum atomic E-state index is 13.2. The molecule has 3 aliphatic heterocycles. The quantitative estimate of drug-likeness (QED) is 0.579. The van der Waals surface area contributed by atoms with Gasteiger partial charge in [0.15, 0.2) is 0 Å². The first-order valence-corrected chi connectivity index (χ1v) is 13.8. The maximum Gasteiger partial charge on any atom is 0.416 e. The molecule has 2 aromatic rings. The van der Waals surface area contributed by atoms with E-state index in [0.29, 0.717) is 25.2 Å². The number of hydrogen-bond acceptors (Lipinski definition) is 7. The van der Waals surface area contributed by atoms with Crippen LogP contribution in [0.3, 0.4) is 0 Å². The van der Waals surface area contributed by atoms with Crippen molar-refractivity contribution in [2.45, 2.75) is 63.2 Å². The van der Waals surface area contributed by atoms with Crippen molar-refractivity contribution in [2.24, 2.45) is 0 Å². The van der Waals surface area contributed by atoms with Gasteiger partial charge in [-0.1, -0.05) is 0 Å². The van der Waals surface area contributed by atoms with E-state index < -0.39 is 17.3 Å². The number of alkyl halides is 3. The summed E-state index contributed by atoms with van der Waals surface area (Å²) < 4.78 is 58.7. The minimum Gasteiger partial charge on any atom is -0.466 e. The Morgan fingerprint density at radius 1 is 1.12 bits per heavy atom. The van der Waals surface area contributed by atoms with Crippen LogP contribution in [0.25, 0.3) is 0 Å². The van der Waals surface area contributed by atoms with Crippen molar-refractivity contribution in [3.63, 3.8) is 0 Å². The molecule has 2 unspecified atom stereocenters. The average Bonchev–Trinajstić information content (AvgIpc) is 3.65. The first-order valence-electron chi connectivity index (χ1n) is 13.8. The predicted molar refractivity (Wildman–Crippen MR) is 137 cm³/mol. The van der Waals surface area contributed by atoms with E-state index in [1.54, 1.807) is 17.4 Å². The molecule has 4 aliphatic rings. The normalized spacial score (nSPS) is 25.3. The van der Waals surface area contributed by atoms with Gasteiger partial charge < -0.3 is 23.8 Å². The summed E-state index contributed by atoms with van der Waals surface area (Å²) in [5.74, 6) is 0.610. The molecule has 0 aromatic carbocycles. The standard InChI is InChI=1S/C28H33F3N4O5/c29-28(30,31)20-11-22-15-33(6-7-35(22)26(37)12-20)17-25(36)32-13-19-14-34(21-4-8-38-9-5-21)16-24(19)40-23-2-1-18-3-10-39-27(18)23/h3,10-13,21,23-24H,1-2,4-9,14-17H2,(H,32,36)/b19-13-. The van der Waals surface area contributed by atoms with E-state index in [-0.39, 0.29) is 43.4 Å². The fourth-order valence-corrected chi connectivity index (χ4v) is 6.22. The van der Waals surface area contributed by atoms with Crippen molar-refractivity contribution < 1.29 is 31.9 Å². The van der Waals surface area contributed by atoms with Gasteiger partial charge >= 0.3 is 6.18 Å². The van der Waals surface area contributed by atoms with E-state index in [9.17, 15) is 22.8 Å². The largest absolute Gasteiger partial charge is 0.466 e. The van der Waals surface area contributed by atoms with Gasteiger partial charge in [-0.3, -0.25) is 19.4 Å². The number of hydrogen-bond donors (Lipinski definition) is 1. The number of halogens is 3. The number of likely N-dealkylation sites (tertiary alicyclic amines) is 1. The van der Waals surface area contributed by atoms with Gasteiger partial charge in [-0.05, 0) is 49.0 Å². The van der Waals surface area contributed by atoms with Gasteiger partial charge in [-0.15, -0.1) is 0 Å². The van der Waals surface area contributed by atoms with Crippen molar-refractivity contribution in [3.05, 3.63) is 69.2 Å². The van der Waals surface area contributed by atoms with E-state index >= 15 is 0 Å². The van der Waals surface area contributed by atoms with Crippen LogP contribution in [0.2, 0.25) is 0 Å². The van der Waals surface area contributed by atoms with E-state index in [4.69, 9.17) is 13.9 Å². The minimum atomic E-state index is -4.60. The predicted octanol–water partition coefficient (Wildman–Crippen LogP) is 2.84. The summed E-state index contributed by atoms with van der Waals surface area (Å²) >= 11 is 0. The molecule has 0 radical (unpaired) electrons. The van der Waals surface area contributed by atoms with Crippen molar-refractivity contribution in [2.75, 3.05) is 39.4 Å². The summed E-state index contributed by atoms with van der Waals surface area (Å²) in [5.41, 5.74) is 0.762. The SMILES string of the molecule is O=C(CN1CCn2c(cc(C(F)(F)F)cc2=O)C1)N/C=C1/CN(C2CCOCC2)CC1OC1CCc2ccoc21. The lowest BCUT2D eigenvalue weighted by molar-refractivity contribution is -0.138. The number of ether oxygens (including phenoxy) is 2. The average molecular weight is 563 g/mol. The van der Waals surface area contributed by atoms with Gasteiger partial charge in [-0.2, -0.15) is 13.2 Å². The summed E-state index contributed by atoms with van der Waals surface area (Å²) in [6.07, 6.45) is 2.18. The van der Waals surface area contributed by atoms with Gasteiger partial charge in [0.1, 0.15) is 11.9 Å². The number of rotatable bonds is 6. The Balaban J connectivity index is 1.11. The Hall–Kier alpha value is -2.93. The molecule has 216 valence electrons. The molecule has 40 heavy (non-hydrogen) atoms. The fourth-order valence-electron chi connectivity index (χ4n) is 6.22. The monoisotopic (exact) mass is 562 g/mol. The second-order valence-electron chi connectivity index (χ2n) is 11.0. The summed E-state index contributed by atoms with van der Waals surface area (Å²) in [4.78, 5) is 29.2. The smallest absolute Gasteiger partial charge is 0.416 e. The third kappa shape index (κ3) is 5.76. The van der Waals surface area contributed by atoms with Crippen LogP contribution >= 0.6 is 0 Å². The van der Waals surface area contributed by atoms with E-state index in [0.717, 1.165) is 62.8 Å². The van der Waals surface area contributed by atoms with Crippen molar-refractivity contribution in [3.8, 4) is 0 Å². The highest BCUT2D eigenvalue weighted by molar-refractivity contribution is 5.79. The molecule has 0 saturated carbocycles. The van der Waals surface area contributed by atoms with Crippen molar-refractivity contribution in [1.82, 2.24) is 19.7 Å². The molecule has 1 N–H and O–H groups in total. The lowest BCUT2D eigenvalue weighted by atomic mass is 10.1. The van der Waals surface area contributed by atoms with Crippen molar-refractivity contribution in [1.29, 1.82) is 0 Å². The Bertz CT molecular complexity index is 1330. The zero-order valence-corrected chi connectivity index (χ0v) is 22.1. The highest BCUT2D eigenvalue weighted by Gasteiger charge is 2.37. The number of aryl methyl sites for hydroxylation is 1. The summed E-state index contributed by atoms with van der Waals surface area (Å²) in [5, 5.41) is 2.89. The second-order valence-corrected chi connectivity index (χ2v) is 11.0. The highest BCUT2D eigenvalue weighted by atomic mass is 19.4. The number of carbonyl (C=O) groups is 1. The molecule has 12 heteroatoms. The summed E-state index contributed by atoms with van der Waals surface area (Å²) in [7, 11) is 0. The first kappa shape index (κ1) is 27.3. The van der Waals surface area contributed by atoms with Crippen LogP contribution < -0.4 is 10.9 Å². The van der Waals surface area contributed by atoms with Gasteiger partial charge in [-0.25, -0.2) is 0 Å². The van der Waals surface area contributed by atoms with Crippen LogP contribution in [0, 0.1) is 0 Å². The van der Waals surface area contributed by atoms with Crippen LogP contribution in [0.5, 0.6) is 0 Å². The number of pyridine rings is 1. The molecule has 0 spiro atoms. The minimum absolute atomic E-state index is 0.00178. The molecule has 5 heterocycles. The molecule has 9 nitrogen and oxygen atoms in total. The number of nitrogens with one attached hydrogen (secondary N) is 1. The maximum absolute atomic E-state index is 13.2. The van der Waals surface area contributed by atoms with Crippen molar-refractivity contribution >= 4 is 5.91 Å². The molecule has 1 aliphatic carbocycles.